The van der Waals surface area contributed by atoms with Crippen molar-refractivity contribution in [3.8, 4) is 5.75 Å². The molecule has 5 nitrogen and oxygen atoms in total. The summed E-state index contributed by atoms with van der Waals surface area (Å²) in [4.78, 5) is 24.1. The van der Waals surface area contributed by atoms with Crippen LogP contribution < -0.4 is 15.6 Å². The standard InChI is InChI=1S/C16H15ClN2O3/c1-10-6-7-14(22-2)13(8-10)16(21)19-18-15(20)11-4-3-5-12(17)9-11/h3-9H,1-2H3,(H,18,20)(H,19,21). The highest BCUT2D eigenvalue weighted by Crippen LogP contribution is 2.19. The first-order chi connectivity index (χ1) is 10.5. The number of hydrogen-bond donors (Lipinski definition) is 2. The Kier molecular flexibility index (Phi) is 5.01. The molecule has 6 heteroatoms. The third-order valence-corrected chi connectivity index (χ3v) is 3.21. The Labute approximate surface area is 133 Å². The summed E-state index contributed by atoms with van der Waals surface area (Å²) < 4.78 is 5.14. The van der Waals surface area contributed by atoms with E-state index in [1.165, 1.54) is 13.2 Å². The van der Waals surface area contributed by atoms with Crippen LogP contribution >= 0.6 is 11.6 Å². The lowest BCUT2D eigenvalue weighted by molar-refractivity contribution is 0.0845. The quantitative estimate of drug-likeness (QED) is 0.855. The van der Waals surface area contributed by atoms with Gasteiger partial charge in [-0.25, -0.2) is 0 Å². The molecule has 2 rings (SSSR count). The minimum Gasteiger partial charge on any atom is -0.496 e. The molecule has 2 N–H and O–H groups in total. The zero-order valence-electron chi connectivity index (χ0n) is 12.1. The van der Waals surface area contributed by atoms with E-state index >= 15 is 0 Å². The van der Waals surface area contributed by atoms with E-state index in [0.717, 1.165) is 5.56 Å². The SMILES string of the molecule is COc1ccc(C)cc1C(=O)NNC(=O)c1cccc(Cl)c1. The number of halogens is 1. The number of rotatable bonds is 3. The van der Waals surface area contributed by atoms with Gasteiger partial charge in [0.25, 0.3) is 11.8 Å². The smallest absolute Gasteiger partial charge is 0.273 e. The molecule has 0 saturated carbocycles. The Morgan fingerprint density at radius 1 is 1.05 bits per heavy atom. The van der Waals surface area contributed by atoms with E-state index in [2.05, 4.69) is 10.9 Å². The summed E-state index contributed by atoms with van der Waals surface area (Å²) in [5, 5.41) is 0.444. The van der Waals surface area contributed by atoms with Gasteiger partial charge >= 0.3 is 0 Å². The molecule has 2 amide bonds. The molecule has 2 aromatic carbocycles. The van der Waals surface area contributed by atoms with Gasteiger partial charge in [0.2, 0.25) is 0 Å². The third kappa shape index (κ3) is 3.77. The van der Waals surface area contributed by atoms with Crippen molar-refractivity contribution in [3.63, 3.8) is 0 Å². The lowest BCUT2D eigenvalue weighted by atomic mass is 10.1. The second kappa shape index (κ2) is 6.95. The Morgan fingerprint density at radius 3 is 2.45 bits per heavy atom. The molecule has 0 fully saturated rings. The van der Waals surface area contributed by atoms with Crippen molar-refractivity contribution >= 4 is 23.4 Å². The number of carbonyl (C=O) groups is 2. The van der Waals surface area contributed by atoms with Crippen LogP contribution in [-0.4, -0.2) is 18.9 Å². The van der Waals surface area contributed by atoms with E-state index < -0.39 is 11.8 Å². The van der Waals surface area contributed by atoms with Gasteiger partial charge in [0.15, 0.2) is 0 Å². The average molecular weight is 319 g/mol. The molecule has 0 aromatic heterocycles. The summed E-state index contributed by atoms with van der Waals surface area (Å²) in [6.45, 7) is 1.86. The highest BCUT2D eigenvalue weighted by atomic mass is 35.5. The van der Waals surface area contributed by atoms with Gasteiger partial charge in [-0.05, 0) is 37.3 Å². The molecule has 0 spiro atoms. The molecule has 0 aliphatic rings. The second-order valence-corrected chi connectivity index (χ2v) is 5.06. The van der Waals surface area contributed by atoms with E-state index in [1.54, 1.807) is 30.3 Å². The van der Waals surface area contributed by atoms with Crippen molar-refractivity contribution in [2.75, 3.05) is 7.11 Å². The first-order valence-electron chi connectivity index (χ1n) is 6.52. The predicted octanol–water partition coefficient (Wildman–Crippen LogP) is 2.73. The van der Waals surface area contributed by atoms with Gasteiger partial charge < -0.3 is 4.74 Å². The lowest BCUT2D eigenvalue weighted by Crippen LogP contribution is -2.41. The highest BCUT2D eigenvalue weighted by Gasteiger charge is 2.14. The van der Waals surface area contributed by atoms with Crippen molar-refractivity contribution in [1.29, 1.82) is 0 Å². The Bertz CT molecular complexity index is 716. The maximum Gasteiger partial charge on any atom is 0.273 e. The minimum absolute atomic E-state index is 0.342. The van der Waals surface area contributed by atoms with E-state index in [1.807, 2.05) is 13.0 Å². The number of aryl methyl sites for hydroxylation is 1. The fourth-order valence-corrected chi connectivity index (χ4v) is 2.07. The van der Waals surface area contributed by atoms with Gasteiger partial charge in [-0.15, -0.1) is 0 Å². The summed E-state index contributed by atoms with van der Waals surface area (Å²) in [6.07, 6.45) is 0. The van der Waals surface area contributed by atoms with E-state index in [0.29, 0.717) is 21.9 Å². The fraction of sp³-hybridized carbons (Fsp3) is 0.125. The number of hydrogen-bond acceptors (Lipinski definition) is 3. The number of benzene rings is 2. The molecule has 0 radical (unpaired) electrons. The second-order valence-electron chi connectivity index (χ2n) is 4.62. The van der Waals surface area contributed by atoms with Crippen LogP contribution in [-0.2, 0) is 0 Å². The maximum atomic E-state index is 12.1. The Balaban J connectivity index is 2.07. The minimum atomic E-state index is -0.462. The van der Waals surface area contributed by atoms with Gasteiger partial charge in [-0.1, -0.05) is 29.3 Å². The number of hydrazine groups is 1. The van der Waals surface area contributed by atoms with E-state index in [9.17, 15) is 9.59 Å². The molecule has 0 heterocycles. The molecule has 0 aliphatic carbocycles. The average Bonchev–Trinajstić information content (AvgIpc) is 2.52. The molecule has 22 heavy (non-hydrogen) atoms. The van der Waals surface area contributed by atoms with Crippen molar-refractivity contribution in [1.82, 2.24) is 10.9 Å². The van der Waals surface area contributed by atoms with Gasteiger partial charge in [-0.2, -0.15) is 0 Å². The number of ether oxygens (including phenoxy) is 1. The first-order valence-corrected chi connectivity index (χ1v) is 6.90. The summed E-state index contributed by atoms with van der Waals surface area (Å²) in [7, 11) is 1.48. The number of amides is 2. The van der Waals surface area contributed by atoms with Crippen molar-refractivity contribution < 1.29 is 14.3 Å². The number of methoxy groups -OCH3 is 1. The summed E-state index contributed by atoms with van der Waals surface area (Å²) in [5.41, 5.74) is 6.30. The summed E-state index contributed by atoms with van der Waals surface area (Å²) in [5.74, 6) is -0.487. The molecule has 0 unspecified atom stereocenters. The normalized spacial score (nSPS) is 9.95. The molecule has 0 bridgehead atoms. The van der Waals surface area contributed by atoms with Gasteiger partial charge in [0, 0.05) is 10.6 Å². The van der Waals surface area contributed by atoms with E-state index in [-0.39, 0.29) is 0 Å². The zero-order valence-corrected chi connectivity index (χ0v) is 12.9. The molecular weight excluding hydrogens is 304 g/mol. The topological polar surface area (TPSA) is 67.4 Å². The van der Waals surface area contributed by atoms with Crippen molar-refractivity contribution in [3.05, 3.63) is 64.2 Å². The van der Waals surface area contributed by atoms with Crippen LogP contribution in [0.15, 0.2) is 42.5 Å². The number of carbonyl (C=O) groups excluding carboxylic acids is 2. The Morgan fingerprint density at radius 2 is 1.77 bits per heavy atom. The molecule has 114 valence electrons. The third-order valence-electron chi connectivity index (χ3n) is 2.98. The molecule has 0 saturated heterocycles. The van der Waals surface area contributed by atoms with Crippen LogP contribution in [0.2, 0.25) is 5.02 Å². The highest BCUT2D eigenvalue weighted by molar-refractivity contribution is 6.30. The van der Waals surface area contributed by atoms with Gasteiger partial charge in [0.05, 0.1) is 12.7 Å². The van der Waals surface area contributed by atoms with Crippen molar-refractivity contribution in [2.45, 2.75) is 6.92 Å². The Hall–Kier alpha value is -2.53. The maximum absolute atomic E-state index is 12.1. The summed E-state index contributed by atoms with van der Waals surface area (Å²) >= 11 is 5.82. The molecule has 0 atom stereocenters. The largest absolute Gasteiger partial charge is 0.496 e. The zero-order chi connectivity index (χ0) is 16.1. The monoisotopic (exact) mass is 318 g/mol. The fourth-order valence-electron chi connectivity index (χ4n) is 1.88. The van der Waals surface area contributed by atoms with Crippen LogP contribution in [0.1, 0.15) is 26.3 Å². The van der Waals surface area contributed by atoms with Crippen LogP contribution in [0.3, 0.4) is 0 Å². The van der Waals surface area contributed by atoms with E-state index in [4.69, 9.17) is 16.3 Å². The predicted molar refractivity (Wildman–Crippen MR) is 84.1 cm³/mol. The molecule has 2 aromatic rings. The van der Waals surface area contributed by atoms with Gasteiger partial charge in [-0.3, -0.25) is 20.4 Å². The lowest BCUT2D eigenvalue weighted by Gasteiger charge is -2.11. The van der Waals surface area contributed by atoms with Crippen LogP contribution in [0.4, 0.5) is 0 Å². The summed E-state index contributed by atoms with van der Waals surface area (Å²) in [6, 6.07) is 11.6. The van der Waals surface area contributed by atoms with Crippen LogP contribution in [0.25, 0.3) is 0 Å². The van der Waals surface area contributed by atoms with Crippen LogP contribution in [0, 0.1) is 6.92 Å². The van der Waals surface area contributed by atoms with Crippen LogP contribution in [0.5, 0.6) is 5.75 Å². The van der Waals surface area contributed by atoms with Crippen molar-refractivity contribution in [2.24, 2.45) is 0 Å². The molecular formula is C16H15ClN2O3. The molecule has 0 aliphatic heterocycles. The first kappa shape index (κ1) is 15.9. The number of nitrogens with one attached hydrogen (secondary N) is 2. The van der Waals surface area contributed by atoms with Gasteiger partial charge in [0.1, 0.15) is 5.75 Å².